The quantitative estimate of drug-likeness (QED) is 0.801. The summed E-state index contributed by atoms with van der Waals surface area (Å²) in [6.45, 7) is 1.67. The number of hydrogen-bond acceptors (Lipinski definition) is 3. The highest BCUT2D eigenvalue weighted by Crippen LogP contribution is 2.21. The number of carbonyl (C=O) groups excluding carboxylic acids is 2. The topological polar surface area (TPSA) is 95.2 Å². The van der Waals surface area contributed by atoms with E-state index in [-0.39, 0.29) is 17.2 Å². The van der Waals surface area contributed by atoms with Gasteiger partial charge in [-0.2, -0.15) is 0 Å². The van der Waals surface area contributed by atoms with Crippen molar-refractivity contribution in [1.82, 2.24) is 5.32 Å². The summed E-state index contributed by atoms with van der Waals surface area (Å²) in [7, 11) is 0. The molecule has 0 spiro atoms. The molecule has 7 heteroatoms. The van der Waals surface area contributed by atoms with Crippen molar-refractivity contribution in [2.45, 2.75) is 13.0 Å². The molecule has 1 heterocycles. The van der Waals surface area contributed by atoms with Gasteiger partial charge in [0.05, 0.1) is 11.1 Å². The van der Waals surface area contributed by atoms with Gasteiger partial charge in [0.1, 0.15) is 17.5 Å². The van der Waals surface area contributed by atoms with Gasteiger partial charge in [0.2, 0.25) is 5.91 Å². The number of carbonyl (C=O) groups is 2. The van der Waals surface area contributed by atoms with Crippen LogP contribution in [0.5, 0.6) is 0 Å². The molecule has 2 rings (SSSR count). The summed E-state index contributed by atoms with van der Waals surface area (Å²) in [6.07, 6.45) is 0. The monoisotopic (exact) mass is 300 g/mol. The Morgan fingerprint density at radius 3 is 2.63 bits per heavy atom. The van der Waals surface area contributed by atoms with E-state index in [4.69, 9.17) is 17.3 Å². The van der Waals surface area contributed by atoms with Crippen LogP contribution in [0.15, 0.2) is 12.1 Å². The fourth-order valence-corrected chi connectivity index (χ4v) is 3.24. The molecule has 0 unspecified atom stereocenters. The summed E-state index contributed by atoms with van der Waals surface area (Å²) in [5, 5.41) is 3.08. The van der Waals surface area contributed by atoms with Crippen molar-refractivity contribution in [3.8, 4) is 0 Å². The van der Waals surface area contributed by atoms with Gasteiger partial charge in [-0.1, -0.05) is 11.6 Å². The van der Waals surface area contributed by atoms with Crippen LogP contribution >= 0.6 is 11.6 Å². The molecule has 0 saturated carbocycles. The molecular formula is C12H13ClN2O3S. The largest absolute Gasteiger partial charge is 0.616 e. The van der Waals surface area contributed by atoms with Crippen LogP contribution < -0.4 is 11.1 Å². The summed E-state index contributed by atoms with van der Waals surface area (Å²) in [5.41, 5.74) is 6.18. The van der Waals surface area contributed by atoms with Crippen LogP contribution in [-0.2, 0) is 11.2 Å². The molecule has 0 atom stereocenters. The number of halogens is 1. The van der Waals surface area contributed by atoms with Crippen molar-refractivity contribution in [2.75, 3.05) is 11.5 Å². The van der Waals surface area contributed by atoms with E-state index in [2.05, 4.69) is 5.32 Å². The van der Waals surface area contributed by atoms with E-state index >= 15 is 0 Å². The Morgan fingerprint density at radius 2 is 2.11 bits per heavy atom. The van der Waals surface area contributed by atoms with Gasteiger partial charge >= 0.3 is 0 Å². The number of rotatable bonds is 3. The lowest BCUT2D eigenvalue weighted by molar-refractivity contribution is 0.0926. The van der Waals surface area contributed by atoms with Gasteiger partial charge < -0.3 is 15.6 Å². The lowest BCUT2D eigenvalue weighted by Crippen LogP contribution is -2.53. The van der Waals surface area contributed by atoms with Gasteiger partial charge in [0.25, 0.3) is 5.91 Å². The summed E-state index contributed by atoms with van der Waals surface area (Å²) >= 11 is 5.05. The van der Waals surface area contributed by atoms with Crippen LogP contribution in [0.4, 0.5) is 0 Å². The number of nitrogens with one attached hydrogen (secondary N) is 1. The van der Waals surface area contributed by atoms with E-state index in [9.17, 15) is 14.1 Å². The SMILES string of the molecule is Cc1cc(Cl)cc(C(=O)NC2C[S+]([O-])C2)c1C(N)=O. The lowest BCUT2D eigenvalue weighted by Gasteiger charge is -2.29. The van der Waals surface area contributed by atoms with Gasteiger partial charge in [-0.25, -0.2) is 0 Å². The fourth-order valence-electron chi connectivity index (χ4n) is 2.00. The molecule has 0 bridgehead atoms. The number of nitrogens with two attached hydrogens (primary N) is 1. The molecule has 2 amide bonds. The molecule has 1 aliphatic heterocycles. The van der Waals surface area contributed by atoms with Gasteiger partial charge in [-0.15, -0.1) is 0 Å². The highest BCUT2D eigenvalue weighted by molar-refractivity contribution is 7.92. The predicted octanol–water partition coefficient (Wildman–Crippen LogP) is 0.608. The van der Waals surface area contributed by atoms with E-state index in [1.54, 1.807) is 13.0 Å². The molecule has 1 saturated heterocycles. The Bertz CT molecular complexity index is 544. The van der Waals surface area contributed by atoms with E-state index in [1.807, 2.05) is 0 Å². The maximum absolute atomic E-state index is 12.1. The summed E-state index contributed by atoms with van der Waals surface area (Å²) in [6, 6.07) is 2.88. The molecule has 0 radical (unpaired) electrons. The van der Waals surface area contributed by atoms with Crippen molar-refractivity contribution in [2.24, 2.45) is 5.73 Å². The van der Waals surface area contributed by atoms with Crippen LogP contribution in [0.25, 0.3) is 0 Å². The van der Waals surface area contributed by atoms with E-state index < -0.39 is 23.0 Å². The third-order valence-electron chi connectivity index (χ3n) is 2.90. The Labute approximate surface area is 118 Å². The first-order valence-electron chi connectivity index (χ1n) is 5.64. The second kappa shape index (κ2) is 5.40. The highest BCUT2D eigenvalue weighted by atomic mass is 35.5. The maximum atomic E-state index is 12.1. The van der Waals surface area contributed by atoms with Crippen LogP contribution in [0.2, 0.25) is 5.02 Å². The highest BCUT2D eigenvalue weighted by Gasteiger charge is 2.33. The normalized spacial score (nSPS) is 21.6. The molecule has 19 heavy (non-hydrogen) atoms. The fraction of sp³-hybridized carbons (Fsp3) is 0.333. The zero-order chi connectivity index (χ0) is 14.2. The van der Waals surface area contributed by atoms with E-state index in [1.165, 1.54) is 6.07 Å². The second-order valence-corrected chi connectivity index (χ2v) is 6.44. The van der Waals surface area contributed by atoms with E-state index in [0.717, 1.165) is 0 Å². The van der Waals surface area contributed by atoms with Gasteiger partial charge in [0.15, 0.2) is 0 Å². The zero-order valence-electron chi connectivity index (χ0n) is 10.2. The molecular weight excluding hydrogens is 288 g/mol. The number of primary amides is 1. The average Bonchev–Trinajstić information content (AvgIpc) is 2.24. The number of amides is 2. The third-order valence-corrected chi connectivity index (χ3v) is 4.67. The Morgan fingerprint density at radius 1 is 1.47 bits per heavy atom. The zero-order valence-corrected chi connectivity index (χ0v) is 11.8. The van der Waals surface area contributed by atoms with Crippen LogP contribution in [-0.4, -0.2) is 33.9 Å². The molecule has 3 N–H and O–H groups in total. The predicted molar refractivity (Wildman–Crippen MR) is 73.8 cm³/mol. The van der Waals surface area contributed by atoms with Crippen molar-refractivity contribution in [1.29, 1.82) is 0 Å². The van der Waals surface area contributed by atoms with Gasteiger partial charge in [-0.05, 0) is 35.8 Å². The van der Waals surface area contributed by atoms with Gasteiger partial charge in [0, 0.05) is 5.02 Å². The average molecular weight is 301 g/mol. The second-order valence-electron chi connectivity index (χ2n) is 4.45. The molecule has 1 aromatic rings. The summed E-state index contributed by atoms with van der Waals surface area (Å²) in [4.78, 5) is 23.5. The Hall–Kier alpha value is -1.24. The van der Waals surface area contributed by atoms with Crippen LogP contribution in [0.1, 0.15) is 26.3 Å². The van der Waals surface area contributed by atoms with E-state index in [0.29, 0.717) is 22.1 Å². The third kappa shape index (κ3) is 3.02. The minimum Gasteiger partial charge on any atom is -0.616 e. The standard InChI is InChI=1S/C12H13ClN2O3S/c1-6-2-7(13)3-9(10(6)11(14)16)12(17)15-8-4-19(18)5-8/h2-3,8H,4-5H2,1H3,(H2,14,16)(H,15,17). The van der Waals surface area contributed by atoms with Crippen molar-refractivity contribution in [3.05, 3.63) is 33.8 Å². The molecule has 5 nitrogen and oxygen atoms in total. The smallest absolute Gasteiger partial charge is 0.252 e. The summed E-state index contributed by atoms with van der Waals surface area (Å²) < 4.78 is 11.0. The number of hydrogen-bond donors (Lipinski definition) is 2. The number of benzene rings is 1. The van der Waals surface area contributed by atoms with Crippen LogP contribution in [0.3, 0.4) is 0 Å². The molecule has 1 aliphatic rings. The van der Waals surface area contributed by atoms with Crippen molar-refractivity contribution >= 4 is 34.6 Å². The number of aryl methyl sites for hydroxylation is 1. The minimum atomic E-state index is -0.850. The Balaban J connectivity index is 2.27. The minimum absolute atomic E-state index is 0.117. The molecule has 102 valence electrons. The lowest BCUT2D eigenvalue weighted by atomic mass is 10.0. The van der Waals surface area contributed by atoms with Crippen LogP contribution in [0, 0.1) is 6.92 Å². The Kier molecular flexibility index (Phi) is 4.03. The first kappa shape index (κ1) is 14.2. The van der Waals surface area contributed by atoms with Crippen molar-refractivity contribution in [3.63, 3.8) is 0 Å². The van der Waals surface area contributed by atoms with Crippen molar-refractivity contribution < 1.29 is 14.1 Å². The molecule has 0 aromatic heterocycles. The molecule has 1 fully saturated rings. The maximum Gasteiger partial charge on any atom is 0.252 e. The van der Waals surface area contributed by atoms with Gasteiger partial charge in [-0.3, -0.25) is 9.59 Å². The molecule has 0 aliphatic carbocycles. The molecule has 1 aromatic carbocycles. The first-order valence-corrected chi connectivity index (χ1v) is 7.51. The summed E-state index contributed by atoms with van der Waals surface area (Å²) in [5.74, 6) is -0.202. The first-order chi connectivity index (χ1) is 8.88.